The molecule has 0 bridgehead atoms. The summed E-state index contributed by atoms with van der Waals surface area (Å²) in [5.74, 6) is -0.788. The van der Waals surface area contributed by atoms with Gasteiger partial charge in [-0.1, -0.05) is 13.3 Å². The maximum absolute atomic E-state index is 12.3. The van der Waals surface area contributed by atoms with Crippen LogP contribution in [0.5, 0.6) is 0 Å². The van der Waals surface area contributed by atoms with Crippen LogP contribution in [0.4, 0.5) is 0 Å². The minimum atomic E-state index is -0.438. The summed E-state index contributed by atoms with van der Waals surface area (Å²) in [7, 11) is 0. The van der Waals surface area contributed by atoms with Crippen molar-refractivity contribution in [3.8, 4) is 0 Å². The summed E-state index contributed by atoms with van der Waals surface area (Å²) in [5.41, 5.74) is 0.525. The van der Waals surface area contributed by atoms with Crippen LogP contribution in [0.1, 0.15) is 19.8 Å². The molecule has 0 aliphatic carbocycles. The van der Waals surface area contributed by atoms with E-state index in [0.717, 1.165) is 12.8 Å². The highest BCUT2D eigenvalue weighted by molar-refractivity contribution is 8.16. The number of carbonyl (C=O) groups excluding carboxylic acids is 3. The molecule has 1 rings (SSSR count). The van der Waals surface area contributed by atoms with Crippen LogP contribution >= 0.6 is 24.4 Å². The number of hydrogen-bond donors (Lipinski definition) is 2. The van der Waals surface area contributed by atoms with Gasteiger partial charge in [-0.3, -0.25) is 14.4 Å². The Morgan fingerprint density at radius 2 is 2.05 bits per heavy atom. The van der Waals surface area contributed by atoms with Gasteiger partial charge in [-0.25, -0.2) is 0 Å². The minimum Gasteiger partial charge on any atom is -0.378 e. The normalized spacial score (nSPS) is 16.2. The first kappa shape index (κ1) is 18.1. The number of amides is 2. The Hall–Kier alpha value is -0.990. The van der Waals surface area contributed by atoms with Crippen molar-refractivity contribution in [2.45, 2.75) is 19.8 Å². The molecule has 118 valence electrons. The van der Waals surface area contributed by atoms with Crippen molar-refractivity contribution < 1.29 is 19.1 Å². The number of morpholine rings is 1. The van der Waals surface area contributed by atoms with Gasteiger partial charge in [0.1, 0.15) is 0 Å². The van der Waals surface area contributed by atoms with Crippen LogP contribution in [-0.2, 0) is 19.1 Å². The third-order valence-electron chi connectivity index (χ3n) is 2.90. The van der Waals surface area contributed by atoms with E-state index < -0.39 is 5.91 Å². The van der Waals surface area contributed by atoms with E-state index in [0.29, 0.717) is 50.2 Å². The molecule has 0 unspecified atom stereocenters. The molecule has 0 aromatic heterocycles. The zero-order valence-electron chi connectivity index (χ0n) is 12.0. The van der Waals surface area contributed by atoms with E-state index in [-0.39, 0.29) is 15.7 Å². The molecule has 1 N–H and O–H groups in total. The van der Waals surface area contributed by atoms with Gasteiger partial charge in [-0.2, -0.15) is 0 Å². The quantitative estimate of drug-likeness (QED) is 0.312. The second-order valence-corrected chi connectivity index (χ2v) is 5.69. The Morgan fingerprint density at radius 1 is 1.38 bits per heavy atom. The summed E-state index contributed by atoms with van der Waals surface area (Å²) in [6.07, 6.45) is 1.78. The first-order chi connectivity index (χ1) is 10.1. The molecule has 8 heteroatoms. The molecule has 0 spiro atoms. The molecule has 0 aromatic rings. The predicted octanol–water partition coefficient (Wildman–Crippen LogP) is 0.826. The third kappa shape index (κ3) is 5.72. The van der Waals surface area contributed by atoms with Crippen LogP contribution in [0.2, 0.25) is 0 Å². The smallest absolute Gasteiger partial charge is 0.261 e. The average molecular weight is 332 g/mol. The van der Waals surface area contributed by atoms with Crippen molar-refractivity contribution in [1.82, 2.24) is 10.2 Å². The predicted molar refractivity (Wildman–Crippen MR) is 85.7 cm³/mol. The van der Waals surface area contributed by atoms with Crippen LogP contribution in [0, 0.1) is 0 Å². The van der Waals surface area contributed by atoms with E-state index in [9.17, 15) is 14.4 Å². The summed E-state index contributed by atoms with van der Waals surface area (Å²) in [5, 5.41) is 2.69. The monoisotopic (exact) mass is 332 g/mol. The molecular formula is C13H20N2O4S2. The van der Waals surface area contributed by atoms with Crippen molar-refractivity contribution in [3.05, 3.63) is 9.81 Å². The van der Waals surface area contributed by atoms with Gasteiger partial charge in [0.05, 0.1) is 23.0 Å². The lowest BCUT2D eigenvalue weighted by molar-refractivity contribution is -0.130. The van der Waals surface area contributed by atoms with Crippen molar-refractivity contribution in [1.29, 1.82) is 0 Å². The van der Waals surface area contributed by atoms with Gasteiger partial charge in [0.25, 0.3) is 11.8 Å². The third-order valence-corrected chi connectivity index (χ3v) is 4.19. The number of nitrogens with one attached hydrogen (secondary N) is 1. The van der Waals surface area contributed by atoms with Crippen LogP contribution in [0.25, 0.3) is 0 Å². The molecule has 1 aliphatic rings. The number of unbranched alkanes of at least 4 members (excludes halogenated alkanes) is 1. The first-order valence-corrected chi connectivity index (χ1v) is 8.13. The van der Waals surface area contributed by atoms with E-state index >= 15 is 0 Å². The summed E-state index contributed by atoms with van der Waals surface area (Å²) in [6, 6.07) is 0. The fourth-order valence-corrected chi connectivity index (χ4v) is 2.61. The van der Waals surface area contributed by atoms with E-state index in [4.69, 9.17) is 4.74 Å². The topological polar surface area (TPSA) is 75.7 Å². The second-order valence-electron chi connectivity index (χ2n) is 4.41. The van der Waals surface area contributed by atoms with E-state index in [1.165, 1.54) is 0 Å². The van der Waals surface area contributed by atoms with Crippen LogP contribution < -0.4 is 5.32 Å². The van der Waals surface area contributed by atoms with Crippen LogP contribution in [0.3, 0.4) is 0 Å². The Balaban J connectivity index is 2.80. The fourth-order valence-electron chi connectivity index (χ4n) is 1.74. The molecule has 0 atom stereocenters. The average Bonchev–Trinajstić information content (AvgIpc) is 2.52. The molecule has 2 amide bonds. The molecule has 0 radical (unpaired) electrons. The Morgan fingerprint density at radius 3 is 2.62 bits per heavy atom. The molecule has 1 heterocycles. The molecule has 0 aromatic carbocycles. The molecule has 6 nitrogen and oxygen atoms in total. The van der Waals surface area contributed by atoms with Gasteiger partial charge in [0.2, 0.25) is 0 Å². The Kier molecular flexibility index (Phi) is 8.48. The summed E-state index contributed by atoms with van der Waals surface area (Å²) in [6.45, 7) is 4.36. The largest absolute Gasteiger partial charge is 0.378 e. The number of hydrogen-bond acceptors (Lipinski definition) is 6. The van der Waals surface area contributed by atoms with E-state index in [2.05, 4.69) is 17.9 Å². The number of thiol groups is 1. The lowest BCUT2D eigenvalue weighted by Crippen LogP contribution is -2.41. The van der Waals surface area contributed by atoms with E-state index in [1.807, 2.05) is 6.92 Å². The number of thioether (sulfide) groups is 1. The van der Waals surface area contributed by atoms with Crippen molar-refractivity contribution in [2.24, 2.45) is 0 Å². The Bertz CT molecular complexity index is 420. The van der Waals surface area contributed by atoms with Gasteiger partial charge >= 0.3 is 0 Å². The fraction of sp³-hybridized carbons (Fsp3) is 0.615. The summed E-state index contributed by atoms with van der Waals surface area (Å²) < 4.78 is 5.17. The molecule has 1 saturated heterocycles. The summed E-state index contributed by atoms with van der Waals surface area (Å²) >= 11 is 4.83. The number of carbonyl (C=O) groups is 3. The first-order valence-electron chi connectivity index (χ1n) is 6.80. The Labute approximate surface area is 134 Å². The number of nitrogens with zero attached hydrogens (tertiary/aromatic N) is 1. The van der Waals surface area contributed by atoms with Gasteiger partial charge in [0, 0.05) is 19.6 Å². The maximum atomic E-state index is 12.3. The summed E-state index contributed by atoms with van der Waals surface area (Å²) in [4.78, 5) is 36.7. The molecule has 21 heavy (non-hydrogen) atoms. The zero-order valence-corrected chi connectivity index (χ0v) is 13.7. The maximum Gasteiger partial charge on any atom is 0.261 e. The second kappa shape index (κ2) is 9.86. The molecule has 1 fully saturated rings. The highest BCUT2D eigenvalue weighted by Crippen LogP contribution is 2.22. The van der Waals surface area contributed by atoms with Crippen LogP contribution in [0.15, 0.2) is 9.81 Å². The molecule has 0 saturated carbocycles. The lowest BCUT2D eigenvalue weighted by atomic mass is 10.3. The van der Waals surface area contributed by atoms with Gasteiger partial charge in [-0.15, -0.1) is 12.6 Å². The number of ether oxygens (including phenoxy) is 1. The molecule has 1 aliphatic heterocycles. The van der Waals surface area contributed by atoms with Crippen molar-refractivity contribution in [3.63, 3.8) is 0 Å². The SMILES string of the molecule is CCCCNC(=O)/C(SC=O)=C(/S)C(=O)N1CCOCC1. The zero-order chi connectivity index (χ0) is 15.7. The van der Waals surface area contributed by atoms with Crippen LogP contribution in [-0.4, -0.2) is 55.2 Å². The highest BCUT2D eigenvalue weighted by Gasteiger charge is 2.24. The van der Waals surface area contributed by atoms with Crippen molar-refractivity contribution in [2.75, 3.05) is 32.8 Å². The van der Waals surface area contributed by atoms with Gasteiger partial charge in [0.15, 0.2) is 5.62 Å². The minimum absolute atomic E-state index is 0.00278. The van der Waals surface area contributed by atoms with Gasteiger partial charge in [-0.05, 0) is 18.2 Å². The molecular weight excluding hydrogens is 312 g/mol. The number of rotatable bonds is 7. The van der Waals surface area contributed by atoms with Crippen molar-refractivity contribution >= 4 is 41.8 Å². The standard InChI is InChI=1S/C13H20N2O4S2/c1-2-3-4-14-12(17)11(21-9-16)10(20)13(18)15-5-7-19-8-6-15/h9,20H,2-8H2,1H3,(H,14,17)/b11-10-. The van der Waals surface area contributed by atoms with Gasteiger partial charge < -0.3 is 15.0 Å². The highest BCUT2D eigenvalue weighted by atomic mass is 32.2. The lowest BCUT2D eigenvalue weighted by Gasteiger charge is -2.27. The van der Waals surface area contributed by atoms with E-state index in [1.54, 1.807) is 4.90 Å².